The minimum atomic E-state index is -0.376. The molecule has 1 atom stereocenters. The first-order valence-corrected chi connectivity index (χ1v) is 6.50. The molecule has 0 aliphatic carbocycles. The molecule has 0 aromatic heterocycles. The van der Waals surface area contributed by atoms with E-state index in [1.807, 2.05) is 0 Å². The number of benzene rings is 1. The van der Waals surface area contributed by atoms with E-state index in [1.165, 1.54) is 25.0 Å². The SMILES string of the molecule is O=C(NCCC1CCCNC1)c1cccc(F)c1. The smallest absolute Gasteiger partial charge is 0.251 e. The van der Waals surface area contributed by atoms with E-state index in [2.05, 4.69) is 10.6 Å². The molecule has 4 heteroatoms. The molecule has 1 aliphatic heterocycles. The highest BCUT2D eigenvalue weighted by Crippen LogP contribution is 2.13. The summed E-state index contributed by atoms with van der Waals surface area (Å²) in [6.07, 6.45) is 3.42. The van der Waals surface area contributed by atoms with Crippen LogP contribution in [0.3, 0.4) is 0 Å². The highest BCUT2D eigenvalue weighted by atomic mass is 19.1. The Hall–Kier alpha value is -1.42. The van der Waals surface area contributed by atoms with Crippen molar-refractivity contribution in [2.75, 3.05) is 19.6 Å². The Morgan fingerprint density at radius 3 is 3.11 bits per heavy atom. The Morgan fingerprint density at radius 2 is 2.39 bits per heavy atom. The van der Waals surface area contributed by atoms with Crippen molar-refractivity contribution in [1.82, 2.24) is 10.6 Å². The van der Waals surface area contributed by atoms with Crippen LogP contribution in [0.1, 0.15) is 29.6 Å². The number of nitrogens with one attached hydrogen (secondary N) is 2. The van der Waals surface area contributed by atoms with Crippen LogP contribution in [0.5, 0.6) is 0 Å². The maximum atomic E-state index is 13.0. The van der Waals surface area contributed by atoms with Crippen LogP contribution in [0, 0.1) is 11.7 Å². The van der Waals surface area contributed by atoms with Gasteiger partial charge in [-0.15, -0.1) is 0 Å². The summed E-state index contributed by atoms with van der Waals surface area (Å²) in [5, 5.41) is 6.19. The van der Waals surface area contributed by atoms with Crippen molar-refractivity contribution in [3.8, 4) is 0 Å². The van der Waals surface area contributed by atoms with Gasteiger partial charge >= 0.3 is 0 Å². The molecule has 98 valence electrons. The summed E-state index contributed by atoms with van der Waals surface area (Å²) in [5.74, 6) is 0.0731. The normalized spacial score (nSPS) is 19.5. The van der Waals surface area contributed by atoms with Crippen molar-refractivity contribution in [2.45, 2.75) is 19.3 Å². The van der Waals surface area contributed by atoms with Crippen LogP contribution < -0.4 is 10.6 Å². The fourth-order valence-electron chi connectivity index (χ4n) is 2.29. The van der Waals surface area contributed by atoms with E-state index in [0.29, 0.717) is 18.0 Å². The fraction of sp³-hybridized carbons (Fsp3) is 0.500. The Bertz CT molecular complexity index is 403. The van der Waals surface area contributed by atoms with Crippen LogP contribution in [-0.2, 0) is 0 Å². The number of rotatable bonds is 4. The molecule has 1 amide bonds. The molecular formula is C14H19FN2O. The third-order valence-electron chi connectivity index (χ3n) is 3.32. The highest BCUT2D eigenvalue weighted by Gasteiger charge is 2.13. The minimum Gasteiger partial charge on any atom is -0.352 e. The molecule has 2 N–H and O–H groups in total. The Labute approximate surface area is 107 Å². The number of piperidine rings is 1. The molecule has 18 heavy (non-hydrogen) atoms. The van der Waals surface area contributed by atoms with E-state index in [9.17, 15) is 9.18 Å². The van der Waals surface area contributed by atoms with Crippen LogP contribution in [0.2, 0.25) is 0 Å². The monoisotopic (exact) mass is 250 g/mol. The van der Waals surface area contributed by atoms with Gasteiger partial charge in [0.05, 0.1) is 0 Å². The minimum absolute atomic E-state index is 0.196. The lowest BCUT2D eigenvalue weighted by molar-refractivity contribution is 0.0950. The van der Waals surface area contributed by atoms with Gasteiger partial charge in [-0.05, 0) is 56.5 Å². The lowest BCUT2D eigenvalue weighted by Gasteiger charge is -2.22. The van der Waals surface area contributed by atoms with Gasteiger partial charge in [0.15, 0.2) is 0 Å². The summed E-state index contributed by atoms with van der Waals surface area (Å²) in [5.41, 5.74) is 0.386. The van der Waals surface area contributed by atoms with Crippen molar-refractivity contribution in [3.63, 3.8) is 0 Å². The molecule has 1 aromatic rings. The lowest BCUT2D eigenvalue weighted by Crippen LogP contribution is -2.33. The van der Waals surface area contributed by atoms with Gasteiger partial charge in [0.2, 0.25) is 0 Å². The Kier molecular flexibility index (Phi) is 4.70. The average Bonchev–Trinajstić information content (AvgIpc) is 2.40. The quantitative estimate of drug-likeness (QED) is 0.857. The van der Waals surface area contributed by atoms with Crippen LogP contribution in [0.25, 0.3) is 0 Å². The van der Waals surface area contributed by atoms with Crippen molar-refractivity contribution in [1.29, 1.82) is 0 Å². The summed E-state index contributed by atoms with van der Waals surface area (Å²) in [6.45, 7) is 2.80. The van der Waals surface area contributed by atoms with E-state index in [0.717, 1.165) is 19.5 Å². The zero-order valence-electron chi connectivity index (χ0n) is 10.4. The second kappa shape index (κ2) is 6.50. The maximum absolute atomic E-state index is 13.0. The van der Waals surface area contributed by atoms with Gasteiger partial charge in [0.25, 0.3) is 5.91 Å². The van der Waals surface area contributed by atoms with Crippen molar-refractivity contribution >= 4 is 5.91 Å². The average molecular weight is 250 g/mol. The van der Waals surface area contributed by atoms with Gasteiger partial charge in [-0.3, -0.25) is 4.79 Å². The molecular weight excluding hydrogens is 231 g/mol. The Balaban J connectivity index is 1.74. The molecule has 0 radical (unpaired) electrons. The fourth-order valence-corrected chi connectivity index (χ4v) is 2.29. The van der Waals surface area contributed by atoms with Gasteiger partial charge in [0.1, 0.15) is 5.82 Å². The van der Waals surface area contributed by atoms with Crippen molar-refractivity contribution in [3.05, 3.63) is 35.6 Å². The van der Waals surface area contributed by atoms with Crippen LogP contribution >= 0.6 is 0 Å². The molecule has 0 saturated carbocycles. The van der Waals surface area contributed by atoms with E-state index in [4.69, 9.17) is 0 Å². The zero-order chi connectivity index (χ0) is 12.8. The summed E-state index contributed by atoms with van der Waals surface area (Å²) in [4.78, 5) is 11.7. The van der Waals surface area contributed by atoms with E-state index >= 15 is 0 Å². The molecule has 1 aromatic carbocycles. The number of amides is 1. The zero-order valence-corrected chi connectivity index (χ0v) is 10.4. The third kappa shape index (κ3) is 3.81. The molecule has 0 spiro atoms. The largest absolute Gasteiger partial charge is 0.352 e. The van der Waals surface area contributed by atoms with Gasteiger partial charge in [-0.2, -0.15) is 0 Å². The van der Waals surface area contributed by atoms with Gasteiger partial charge < -0.3 is 10.6 Å². The molecule has 1 aliphatic rings. The van der Waals surface area contributed by atoms with Gasteiger partial charge in [-0.1, -0.05) is 6.07 Å². The Morgan fingerprint density at radius 1 is 1.50 bits per heavy atom. The maximum Gasteiger partial charge on any atom is 0.251 e. The predicted octanol–water partition coefficient (Wildman–Crippen LogP) is 1.95. The number of halogens is 1. The molecule has 3 nitrogen and oxygen atoms in total. The summed E-state index contributed by atoms with van der Waals surface area (Å²) in [7, 11) is 0. The van der Waals surface area contributed by atoms with E-state index in [1.54, 1.807) is 12.1 Å². The molecule has 1 fully saturated rings. The van der Waals surface area contributed by atoms with Crippen LogP contribution in [0.4, 0.5) is 4.39 Å². The number of carbonyl (C=O) groups is 1. The van der Waals surface area contributed by atoms with Crippen molar-refractivity contribution in [2.24, 2.45) is 5.92 Å². The molecule has 1 saturated heterocycles. The topological polar surface area (TPSA) is 41.1 Å². The highest BCUT2D eigenvalue weighted by molar-refractivity contribution is 5.94. The summed E-state index contributed by atoms with van der Waals surface area (Å²) >= 11 is 0. The molecule has 2 rings (SSSR count). The third-order valence-corrected chi connectivity index (χ3v) is 3.32. The summed E-state index contributed by atoms with van der Waals surface area (Å²) in [6, 6.07) is 5.78. The second-order valence-corrected chi connectivity index (χ2v) is 4.77. The first-order valence-electron chi connectivity index (χ1n) is 6.50. The molecule has 1 unspecified atom stereocenters. The summed E-state index contributed by atoms with van der Waals surface area (Å²) < 4.78 is 13.0. The lowest BCUT2D eigenvalue weighted by atomic mass is 9.96. The standard InChI is InChI=1S/C14H19FN2O/c15-13-5-1-4-12(9-13)14(18)17-8-6-11-3-2-7-16-10-11/h1,4-5,9,11,16H,2-3,6-8,10H2,(H,17,18). The number of hydrogen-bond donors (Lipinski definition) is 2. The number of carbonyl (C=O) groups excluding carboxylic acids is 1. The molecule has 0 bridgehead atoms. The van der Waals surface area contributed by atoms with Crippen molar-refractivity contribution < 1.29 is 9.18 Å². The first-order chi connectivity index (χ1) is 8.75. The molecule has 1 heterocycles. The van der Waals surface area contributed by atoms with Gasteiger partial charge in [-0.25, -0.2) is 4.39 Å². The first kappa shape index (κ1) is 13.0. The van der Waals surface area contributed by atoms with Crippen LogP contribution in [-0.4, -0.2) is 25.5 Å². The van der Waals surface area contributed by atoms with Gasteiger partial charge in [0, 0.05) is 12.1 Å². The van der Waals surface area contributed by atoms with E-state index in [-0.39, 0.29) is 11.7 Å². The second-order valence-electron chi connectivity index (χ2n) is 4.77. The van der Waals surface area contributed by atoms with E-state index < -0.39 is 0 Å². The number of hydrogen-bond acceptors (Lipinski definition) is 2. The predicted molar refractivity (Wildman–Crippen MR) is 68.9 cm³/mol. The van der Waals surface area contributed by atoms with Crippen LogP contribution in [0.15, 0.2) is 24.3 Å².